The fourth-order valence-electron chi connectivity index (χ4n) is 3.89. The van der Waals surface area contributed by atoms with Gasteiger partial charge in [0.1, 0.15) is 53.3 Å². The molecule has 33 heavy (non-hydrogen) atoms. The fourth-order valence-corrected chi connectivity index (χ4v) is 3.89. The number of rotatable bonds is 4. The Morgan fingerprint density at radius 3 is 2.42 bits per heavy atom. The summed E-state index contributed by atoms with van der Waals surface area (Å²) in [5, 5.41) is 69.4. The van der Waals surface area contributed by atoms with Gasteiger partial charge in [-0.1, -0.05) is 6.07 Å². The van der Waals surface area contributed by atoms with Crippen LogP contribution in [0.1, 0.15) is 34.0 Å². The number of benzene rings is 2. The zero-order chi connectivity index (χ0) is 24.0. The SMILES string of the molecule is Cc1c(O[C@@H]2O[C@H](CO)[C@@H](O)[C@H](O)[C@H]2O)cc2c(c1O)C(=O)C[C@@H](c1ccc(O)c(O)c1)O2. The molecule has 2 aliphatic heterocycles. The van der Waals surface area contributed by atoms with Crippen molar-refractivity contribution in [2.24, 2.45) is 0 Å². The van der Waals surface area contributed by atoms with E-state index >= 15 is 0 Å². The van der Waals surface area contributed by atoms with Crippen LogP contribution in [-0.4, -0.2) is 78.8 Å². The van der Waals surface area contributed by atoms with Crippen molar-refractivity contribution in [2.75, 3.05) is 6.61 Å². The van der Waals surface area contributed by atoms with E-state index in [0.717, 1.165) is 0 Å². The molecule has 178 valence electrons. The van der Waals surface area contributed by atoms with Crippen molar-refractivity contribution in [3.05, 3.63) is 41.0 Å². The molecule has 0 aliphatic carbocycles. The monoisotopic (exact) mass is 464 g/mol. The molecule has 6 atom stereocenters. The van der Waals surface area contributed by atoms with Crippen LogP contribution >= 0.6 is 0 Å². The first-order valence-corrected chi connectivity index (χ1v) is 10.2. The maximum absolute atomic E-state index is 12.8. The first kappa shape index (κ1) is 23.1. The van der Waals surface area contributed by atoms with Crippen molar-refractivity contribution < 1.29 is 54.8 Å². The Labute approximate surface area is 187 Å². The van der Waals surface area contributed by atoms with Gasteiger partial charge in [-0.15, -0.1) is 0 Å². The minimum atomic E-state index is -1.67. The summed E-state index contributed by atoms with van der Waals surface area (Å²) in [5.41, 5.74) is 0.497. The van der Waals surface area contributed by atoms with E-state index in [9.17, 15) is 40.5 Å². The minimum Gasteiger partial charge on any atom is -0.507 e. The average molecular weight is 464 g/mol. The highest BCUT2D eigenvalue weighted by molar-refractivity contribution is 6.03. The van der Waals surface area contributed by atoms with Crippen molar-refractivity contribution in [1.29, 1.82) is 0 Å². The molecule has 2 aromatic carbocycles. The van der Waals surface area contributed by atoms with E-state index in [0.29, 0.717) is 5.56 Å². The Balaban J connectivity index is 1.65. The van der Waals surface area contributed by atoms with E-state index in [-0.39, 0.29) is 40.5 Å². The van der Waals surface area contributed by atoms with Crippen LogP contribution in [0.3, 0.4) is 0 Å². The van der Waals surface area contributed by atoms with E-state index in [1.807, 2.05) is 0 Å². The summed E-state index contributed by atoms with van der Waals surface area (Å²) in [6.07, 6.45) is -8.53. The molecular weight excluding hydrogens is 440 g/mol. The lowest BCUT2D eigenvalue weighted by Gasteiger charge is -2.39. The zero-order valence-corrected chi connectivity index (χ0v) is 17.5. The number of aliphatic hydroxyl groups is 4. The second-order valence-electron chi connectivity index (χ2n) is 8.02. The molecule has 1 fully saturated rings. The van der Waals surface area contributed by atoms with Gasteiger partial charge in [-0.05, 0) is 24.6 Å². The fraction of sp³-hybridized carbons (Fsp3) is 0.409. The van der Waals surface area contributed by atoms with Gasteiger partial charge < -0.3 is 50.0 Å². The number of ketones is 1. The Kier molecular flexibility index (Phi) is 6.08. The molecular formula is C22H24O11. The molecule has 4 rings (SSSR count). The van der Waals surface area contributed by atoms with Crippen LogP contribution < -0.4 is 9.47 Å². The van der Waals surface area contributed by atoms with Gasteiger partial charge in [-0.3, -0.25) is 4.79 Å². The number of phenols is 3. The quantitative estimate of drug-likeness (QED) is 0.302. The van der Waals surface area contributed by atoms with Crippen LogP contribution in [0.25, 0.3) is 0 Å². The number of ether oxygens (including phenoxy) is 3. The van der Waals surface area contributed by atoms with Gasteiger partial charge in [0.2, 0.25) is 6.29 Å². The number of hydrogen-bond acceptors (Lipinski definition) is 11. The van der Waals surface area contributed by atoms with Crippen molar-refractivity contribution in [3.63, 3.8) is 0 Å². The molecule has 11 heteroatoms. The number of Topliss-reactive ketones (excluding diaryl/α,β-unsaturated/α-hetero) is 1. The zero-order valence-electron chi connectivity index (χ0n) is 17.5. The topological polar surface area (TPSA) is 186 Å². The van der Waals surface area contributed by atoms with E-state index in [4.69, 9.17) is 14.2 Å². The van der Waals surface area contributed by atoms with Gasteiger partial charge in [-0.25, -0.2) is 0 Å². The van der Waals surface area contributed by atoms with Gasteiger partial charge in [0, 0.05) is 11.6 Å². The second kappa shape index (κ2) is 8.69. The molecule has 1 saturated heterocycles. The first-order valence-electron chi connectivity index (χ1n) is 10.2. The predicted octanol–water partition coefficient (Wildman–Crippen LogP) is -0.00298. The van der Waals surface area contributed by atoms with Gasteiger partial charge >= 0.3 is 0 Å². The maximum Gasteiger partial charge on any atom is 0.229 e. The summed E-state index contributed by atoms with van der Waals surface area (Å²) < 4.78 is 16.8. The predicted molar refractivity (Wildman–Crippen MR) is 109 cm³/mol. The number of hydrogen-bond donors (Lipinski definition) is 7. The second-order valence-corrected chi connectivity index (χ2v) is 8.02. The summed E-state index contributed by atoms with van der Waals surface area (Å²) in [6, 6.07) is 5.32. The highest BCUT2D eigenvalue weighted by atomic mass is 16.7. The Morgan fingerprint density at radius 1 is 1.03 bits per heavy atom. The lowest BCUT2D eigenvalue weighted by Crippen LogP contribution is -2.60. The molecule has 0 saturated carbocycles. The van der Waals surface area contributed by atoms with Crippen LogP contribution in [0.4, 0.5) is 0 Å². The highest BCUT2D eigenvalue weighted by Crippen LogP contribution is 2.45. The van der Waals surface area contributed by atoms with Crippen LogP contribution in [0.15, 0.2) is 24.3 Å². The molecule has 2 aromatic rings. The van der Waals surface area contributed by atoms with Crippen LogP contribution in [-0.2, 0) is 4.74 Å². The molecule has 0 radical (unpaired) electrons. The van der Waals surface area contributed by atoms with E-state index < -0.39 is 54.9 Å². The van der Waals surface area contributed by atoms with Gasteiger partial charge in [0.15, 0.2) is 17.3 Å². The van der Waals surface area contributed by atoms with E-state index in [1.54, 1.807) is 0 Å². The van der Waals surface area contributed by atoms with E-state index in [2.05, 4.69) is 0 Å². The molecule has 2 aliphatic rings. The smallest absolute Gasteiger partial charge is 0.229 e. The van der Waals surface area contributed by atoms with Gasteiger partial charge in [0.25, 0.3) is 0 Å². The largest absolute Gasteiger partial charge is 0.507 e. The summed E-state index contributed by atoms with van der Waals surface area (Å²) >= 11 is 0. The van der Waals surface area contributed by atoms with Crippen LogP contribution in [0, 0.1) is 6.92 Å². The first-order chi connectivity index (χ1) is 15.6. The summed E-state index contributed by atoms with van der Waals surface area (Å²) in [4.78, 5) is 12.8. The lowest BCUT2D eigenvalue weighted by atomic mass is 9.93. The van der Waals surface area contributed by atoms with Crippen LogP contribution in [0.5, 0.6) is 28.7 Å². The molecule has 0 bridgehead atoms. The average Bonchev–Trinajstić information content (AvgIpc) is 2.78. The third-order valence-electron chi connectivity index (χ3n) is 5.85. The Bertz CT molecular complexity index is 1070. The van der Waals surface area contributed by atoms with Gasteiger partial charge in [-0.2, -0.15) is 0 Å². The molecule has 0 unspecified atom stereocenters. The Hall–Kier alpha value is -3.09. The third-order valence-corrected chi connectivity index (χ3v) is 5.85. The number of aliphatic hydroxyl groups excluding tert-OH is 4. The van der Waals surface area contributed by atoms with Crippen molar-refractivity contribution in [1.82, 2.24) is 0 Å². The molecule has 7 N–H and O–H groups in total. The molecule has 2 heterocycles. The molecule has 11 nitrogen and oxygen atoms in total. The molecule has 0 amide bonds. The Morgan fingerprint density at radius 2 is 1.76 bits per heavy atom. The molecule has 0 spiro atoms. The van der Waals surface area contributed by atoms with Crippen molar-refractivity contribution in [3.8, 4) is 28.7 Å². The number of aromatic hydroxyl groups is 3. The van der Waals surface area contributed by atoms with Crippen LogP contribution in [0.2, 0.25) is 0 Å². The number of carbonyl (C=O) groups is 1. The summed E-state index contributed by atoms with van der Waals surface area (Å²) in [5.74, 6) is -1.58. The highest BCUT2D eigenvalue weighted by Gasteiger charge is 2.45. The van der Waals surface area contributed by atoms with Gasteiger partial charge in [0.05, 0.1) is 13.0 Å². The maximum atomic E-state index is 12.8. The van der Waals surface area contributed by atoms with Crippen molar-refractivity contribution in [2.45, 2.75) is 50.2 Å². The number of carbonyl (C=O) groups excluding carboxylic acids is 1. The minimum absolute atomic E-state index is 0.0218. The number of phenolic OH excluding ortho intramolecular Hbond substituents is 3. The normalized spacial score (nSPS) is 29.3. The number of fused-ring (bicyclic) bond motifs is 1. The van der Waals surface area contributed by atoms with E-state index in [1.165, 1.54) is 31.2 Å². The summed E-state index contributed by atoms with van der Waals surface area (Å²) in [6.45, 7) is 0.824. The third kappa shape index (κ3) is 4.05. The summed E-state index contributed by atoms with van der Waals surface area (Å²) in [7, 11) is 0. The van der Waals surface area contributed by atoms with Crippen molar-refractivity contribution >= 4 is 5.78 Å². The molecule has 0 aromatic heterocycles. The standard InChI is InChI=1S/C22H24O11/c1-8-13(32-22-21(30)20(29)19(28)16(7-23)33-22)6-15-17(18(8)27)12(26)5-14(31-15)9-2-3-10(24)11(25)4-9/h2-4,6,14,16,19-25,27-30H,5,7H2,1H3/t14-,16+,19+,20-,21+,22+/m0/s1. The lowest BCUT2D eigenvalue weighted by molar-refractivity contribution is -0.277.